The zero-order valence-corrected chi connectivity index (χ0v) is 10.7. The first-order valence-corrected chi connectivity index (χ1v) is 8.23. The van der Waals surface area contributed by atoms with Crippen LogP contribution in [-0.2, 0) is 4.43 Å². The van der Waals surface area contributed by atoms with Gasteiger partial charge in [-0.2, -0.15) is 0 Å². The molecule has 1 unspecified atom stereocenters. The van der Waals surface area contributed by atoms with E-state index in [1.165, 1.54) is 19.1 Å². The molecule has 75 valence electrons. The quantitative estimate of drug-likeness (QED) is 0.617. The molecule has 1 fully saturated rings. The second-order valence-electron chi connectivity index (χ2n) is 5.60. The summed E-state index contributed by atoms with van der Waals surface area (Å²) >= 11 is 0. The highest BCUT2D eigenvalue weighted by molar-refractivity contribution is 6.74. The maximum atomic E-state index is 6.27. The Morgan fingerprint density at radius 1 is 1.31 bits per heavy atom. The molecular weight excluding hydrogens is 175 g/mol. The van der Waals surface area contributed by atoms with Gasteiger partial charge in [0.15, 0.2) is 8.32 Å². The summed E-state index contributed by atoms with van der Waals surface area (Å²) in [4.78, 5) is 0. The van der Waals surface area contributed by atoms with Crippen LogP contribution in [-0.4, -0.2) is 21.7 Å². The molecule has 0 saturated carbocycles. The lowest BCUT2D eigenvalue weighted by atomic mass is 9.77. The van der Waals surface area contributed by atoms with Crippen molar-refractivity contribution in [3.05, 3.63) is 0 Å². The Labute approximate surface area is 84.6 Å². The van der Waals surface area contributed by atoms with Crippen molar-refractivity contribution >= 4 is 15.6 Å². The van der Waals surface area contributed by atoms with Crippen LogP contribution >= 0.6 is 0 Å². The first-order chi connectivity index (χ1) is 5.83. The molecule has 0 N–H and O–H groups in total. The van der Waals surface area contributed by atoms with E-state index in [-0.39, 0.29) is 0 Å². The SMILES string of the molecule is CC(C)(C)[Si](C)(C)OC1C[B]CC1. The minimum atomic E-state index is -1.49. The number of hydrogen-bond donors (Lipinski definition) is 0. The molecule has 3 heteroatoms. The van der Waals surface area contributed by atoms with Crippen molar-refractivity contribution in [1.82, 2.24) is 0 Å². The normalized spacial score (nSPS) is 24.5. The molecule has 1 atom stereocenters. The monoisotopic (exact) mass is 197 g/mol. The summed E-state index contributed by atoms with van der Waals surface area (Å²) in [5.41, 5.74) is 0. The van der Waals surface area contributed by atoms with Crippen molar-refractivity contribution in [2.24, 2.45) is 0 Å². The first-order valence-electron chi connectivity index (χ1n) is 5.32. The number of rotatable bonds is 2. The Morgan fingerprint density at radius 2 is 1.92 bits per heavy atom. The van der Waals surface area contributed by atoms with Gasteiger partial charge in [-0.15, -0.1) is 0 Å². The molecule has 0 spiro atoms. The van der Waals surface area contributed by atoms with Crippen molar-refractivity contribution in [1.29, 1.82) is 0 Å². The van der Waals surface area contributed by atoms with E-state index in [4.69, 9.17) is 4.43 Å². The molecule has 1 saturated heterocycles. The van der Waals surface area contributed by atoms with Gasteiger partial charge < -0.3 is 4.43 Å². The molecule has 1 radical (unpaired) electrons. The van der Waals surface area contributed by atoms with Crippen molar-refractivity contribution < 1.29 is 4.43 Å². The van der Waals surface area contributed by atoms with Crippen LogP contribution in [0.25, 0.3) is 0 Å². The van der Waals surface area contributed by atoms with Gasteiger partial charge in [0, 0.05) is 6.10 Å². The van der Waals surface area contributed by atoms with Crippen LogP contribution in [0.15, 0.2) is 0 Å². The third-order valence-electron chi connectivity index (χ3n) is 3.39. The summed E-state index contributed by atoms with van der Waals surface area (Å²) in [6.45, 7) is 11.6. The molecule has 1 rings (SSSR count). The van der Waals surface area contributed by atoms with Gasteiger partial charge >= 0.3 is 0 Å². The van der Waals surface area contributed by atoms with Crippen LogP contribution in [0.3, 0.4) is 0 Å². The first kappa shape index (κ1) is 11.3. The van der Waals surface area contributed by atoms with Crippen molar-refractivity contribution in [2.45, 2.75) is 64.1 Å². The fourth-order valence-corrected chi connectivity index (χ4v) is 2.83. The largest absolute Gasteiger partial charge is 0.415 e. The molecule has 0 aromatic carbocycles. The molecule has 1 aliphatic heterocycles. The summed E-state index contributed by atoms with van der Waals surface area (Å²) in [6, 6.07) is 0. The van der Waals surface area contributed by atoms with Gasteiger partial charge in [-0.25, -0.2) is 0 Å². The Bertz CT molecular complexity index is 168. The average molecular weight is 197 g/mol. The summed E-state index contributed by atoms with van der Waals surface area (Å²) in [5, 5.41) is 0.357. The minimum Gasteiger partial charge on any atom is -0.415 e. The number of hydrogen-bond acceptors (Lipinski definition) is 1. The van der Waals surface area contributed by atoms with E-state index >= 15 is 0 Å². The highest BCUT2D eigenvalue weighted by Crippen LogP contribution is 2.38. The highest BCUT2D eigenvalue weighted by Gasteiger charge is 2.39. The summed E-state index contributed by atoms with van der Waals surface area (Å²) in [7, 11) is 0.869. The van der Waals surface area contributed by atoms with Crippen molar-refractivity contribution in [2.75, 3.05) is 0 Å². The predicted octanol–water partition coefficient (Wildman–Crippen LogP) is 3.32. The second-order valence-corrected chi connectivity index (χ2v) is 10.4. The van der Waals surface area contributed by atoms with Crippen LogP contribution < -0.4 is 0 Å². The van der Waals surface area contributed by atoms with E-state index in [9.17, 15) is 0 Å². The highest BCUT2D eigenvalue weighted by atomic mass is 28.4. The Kier molecular flexibility index (Phi) is 3.29. The molecular formula is C10H22BOSi. The summed E-state index contributed by atoms with van der Waals surface area (Å²) in [5.74, 6) is 0. The molecule has 0 amide bonds. The molecule has 1 heterocycles. The van der Waals surface area contributed by atoms with E-state index in [1.54, 1.807) is 0 Å². The maximum absolute atomic E-state index is 6.27. The summed E-state index contributed by atoms with van der Waals surface area (Å²) in [6.07, 6.45) is 4.19. The lowest BCUT2D eigenvalue weighted by Crippen LogP contribution is -2.43. The molecule has 1 nitrogen and oxygen atoms in total. The fraction of sp³-hybridized carbons (Fsp3) is 1.00. The Balaban J connectivity index is 2.50. The van der Waals surface area contributed by atoms with Crippen LogP contribution in [0.5, 0.6) is 0 Å². The van der Waals surface area contributed by atoms with Crippen molar-refractivity contribution in [3.8, 4) is 0 Å². The predicted molar refractivity (Wildman–Crippen MR) is 62.1 cm³/mol. The van der Waals surface area contributed by atoms with Gasteiger partial charge in [0.2, 0.25) is 0 Å². The fourth-order valence-electron chi connectivity index (χ4n) is 1.43. The third-order valence-corrected chi connectivity index (χ3v) is 7.92. The van der Waals surface area contributed by atoms with Gasteiger partial charge in [-0.3, -0.25) is 0 Å². The molecule has 0 aromatic heterocycles. The van der Waals surface area contributed by atoms with Crippen LogP contribution in [0, 0.1) is 0 Å². The van der Waals surface area contributed by atoms with Gasteiger partial charge in [0.05, 0.1) is 0 Å². The molecule has 0 bridgehead atoms. The van der Waals surface area contributed by atoms with Crippen LogP contribution in [0.2, 0.25) is 30.8 Å². The van der Waals surface area contributed by atoms with Crippen molar-refractivity contribution in [3.63, 3.8) is 0 Å². The standard InChI is InChI=1S/C10H22BOSi/c1-10(2,3)13(4,5)12-9-6-7-11-8-9/h9H,6-8H2,1-5H3. The van der Waals surface area contributed by atoms with Gasteiger partial charge in [0.1, 0.15) is 7.28 Å². The second kappa shape index (κ2) is 3.78. The van der Waals surface area contributed by atoms with E-state index in [0.717, 1.165) is 0 Å². The third kappa shape index (κ3) is 2.85. The van der Waals surface area contributed by atoms with E-state index in [2.05, 4.69) is 41.1 Å². The molecule has 0 aromatic rings. The molecule has 0 aliphatic carbocycles. The van der Waals surface area contributed by atoms with Gasteiger partial charge in [0.25, 0.3) is 0 Å². The lowest BCUT2D eigenvalue weighted by Gasteiger charge is -2.38. The topological polar surface area (TPSA) is 9.23 Å². The van der Waals surface area contributed by atoms with Crippen LogP contribution in [0.4, 0.5) is 0 Å². The average Bonchev–Trinajstić information content (AvgIpc) is 2.35. The smallest absolute Gasteiger partial charge is 0.192 e. The Morgan fingerprint density at radius 3 is 2.31 bits per heavy atom. The summed E-state index contributed by atoms with van der Waals surface area (Å²) < 4.78 is 6.27. The lowest BCUT2D eigenvalue weighted by molar-refractivity contribution is 0.203. The van der Waals surface area contributed by atoms with E-state index in [1.807, 2.05) is 0 Å². The van der Waals surface area contributed by atoms with Gasteiger partial charge in [-0.05, 0) is 24.6 Å². The van der Waals surface area contributed by atoms with Crippen LogP contribution in [0.1, 0.15) is 27.2 Å². The minimum absolute atomic E-state index is 0.357. The maximum Gasteiger partial charge on any atom is 0.192 e. The Hall–Kier alpha value is 0.242. The molecule has 1 aliphatic rings. The van der Waals surface area contributed by atoms with E-state index in [0.29, 0.717) is 11.1 Å². The zero-order valence-electron chi connectivity index (χ0n) is 9.68. The van der Waals surface area contributed by atoms with E-state index < -0.39 is 8.32 Å². The zero-order chi connectivity index (χ0) is 10.1. The van der Waals surface area contributed by atoms with Gasteiger partial charge in [-0.1, -0.05) is 33.4 Å². The molecule has 13 heavy (non-hydrogen) atoms.